The second-order valence-electron chi connectivity index (χ2n) is 17.3. The highest BCUT2D eigenvalue weighted by Gasteiger charge is 2.35. The van der Waals surface area contributed by atoms with Crippen molar-refractivity contribution in [1.29, 1.82) is 0 Å². The molecule has 1 unspecified atom stereocenters. The van der Waals surface area contributed by atoms with Gasteiger partial charge in [0.2, 0.25) is 17.7 Å². The molecule has 0 spiro atoms. The van der Waals surface area contributed by atoms with E-state index in [1.165, 1.54) is 6.07 Å². The molecule has 5 aromatic rings. The van der Waals surface area contributed by atoms with Crippen LogP contribution in [0.5, 0.6) is 0 Å². The Morgan fingerprint density at radius 3 is 2.39 bits per heavy atom. The number of primary amides is 1. The van der Waals surface area contributed by atoms with Gasteiger partial charge in [-0.1, -0.05) is 18.2 Å². The van der Waals surface area contributed by atoms with Crippen LogP contribution < -0.4 is 22.1 Å². The topological polar surface area (TPSA) is 188 Å². The normalized spacial score (nSPS) is 20.8. The number of pyridine rings is 1. The van der Waals surface area contributed by atoms with Crippen LogP contribution in [0.15, 0.2) is 59.5 Å². The van der Waals surface area contributed by atoms with Gasteiger partial charge in [0.05, 0.1) is 28.2 Å². The van der Waals surface area contributed by atoms with Gasteiger partial charge >= 0.3 is 11.9 Å². The molecule has 328 valence electrons. The number of alkyl halides is 3. The lowest BCUT2D eigenvalue weighted by molar-refractivity contribution is -0.141. The lowest BCUT2D eigenvalue weighted by atomic mass is 9.84. The number of hydrogen-bond donors (Lipinski definition) is 3. The van der Waals surface area contributed by atoms with Gasteiger partial charge in [0.15, 0.2) is 0 Å². The number of imide groups is 1. The number of nitrogens with two attached hydrogens (primary N) is 1. The number of nitrogens with zero attached hydrogens (tertiary/aromatic N) is 6. The minimum atomic E-state index is -4.73. The molecule has 0 radical (unpaired) electrons. The summed E-state index contributed by atoms with van der Waals surface area (Å²) >= 11 is 0. The van der Waals surface area contributed by atoms with Crippen LogP contribution >= 0.6 is 0 Å². The van der Waals surface area contributed by atoms with E-state index in [1.807, 2.05) is 23.0 Å². The fourth-order valence-corrected chi connectivity index (χ4v) is 9.53. The number of carbonyl (C=O) groups is 4. The number of aryl methyl sites for hydroxylation is 1. The van der Waals surface area contributed by atoms with Gasteiger partial charge in [0.25, 0.3) is 5.91 Å². The summed E-state index contributed by atoms with van der Waals surface area (Å²) in [6.45, 7) is 5.84. The molecule has 8 rings (SSSR count). The molecular weight excluding hydrogens is 808 g/mol. The highest BCUT2D eigenvalue weighted by Crippen LogP contribution is 2.39. The van der Waals surface area contributed by atoms with Crippen molar-refractivity contribution in [2.24, 2.45) is 18.7 Å². The summed E-state index contributed by atoms with van der Waals surface area (Å²) in [5.74, 6) is -1.52. The highest BCUT2D eigenvalue weighted by molar-refractivity contribution is 6.04. The number of carbonyl (C=O) groups excluding carboxylic acids is 4. The molecule has 2 aromatic carbocycles. The van der Waals surface area contributed by atoms with Crippen molar-refractivity contribution >= 4 is 51.3 Å². The van der Waals surface area contributed by atoms with E-state index >= 15 is 0 Å². The fourth-order valence-electron chi connectivity index (χ4n) is 9.53. The number of piperidine rings is 2. The summed E-state index contributed by atoms with van der Waals surface area (Å²) in [5, 5.41) is 10.7. The van der Waals surface area contributed by atoms with Gasteiger partial charge in [-0.25, -0.2) is 9.78 Å². The Morgan fingerprint density at radius 2 is 1.69 bits per heavy atom. The smallest absolute Gasteiger partial charge is 0.368 e. The molecule has 5 heterocycles. The molecule has 1 saturated carbocycles. The van der Waals surface area contributed by atoms with Gasteiger partial charge in [0.1, 0.15) is 24.0 Å². The second kappa shape index (κ2) is 16.8. The van der Waals surface area contributed by atoms with E-state index in [2.05, 4.69) is 26.6 Å². The number of nitrogens with one attached hydrogen (secondary N) is 2. The number of halogens is 3. The first-order chi connectivity index (χ1) is 29.5. The van der Waals surface area contributed by atoms with Crippen LogP contribution in [0.4, 0.5) is 18.9 Å². The molecule has 1 atom stereocenters. The molecule has 4 amide bonds. The predicted molar refractivity (Wildman–Crippen MR) is 223 cm³/mol. The van der Waals surface area contributed by atoms with Gasteiger partial charge < -0.3 is 20.7 Å². The van der Waals surface area contributed by atoms with Crippen molar-refractivity contribution in [3.63, 3.8) is 0 Å². The average molecular weight is 858 g/mol. The van der Waals surface area contributed by atoms with Crippen molar-refractivity contribution in [3.05, 3.63) is 87.7 Å². The number of amides is 4. The van der Waals surface area contributed by atoms with Crippen molar-refractivity contribution in [2.75, 3.05) is 31.6 Å². The number of benzene rings is 2. The standard InChI is InChI=1S/C44H50F3N9O6/c1-43(2,62-24-37(48)57)30-21-32-27(20-33(30)50-40(59)31-7-5-9-36(49-31)44(45,46)47)23-55(52-32)28-12-10-25(11-13-28)22-54-18-16-26(17-19-54)29-6-4-8-34-39(29)53(3)42(61)56(34)35-14-15-38(58)51-41(35)60/h4-9,20-21,23,25-26,28,35H,10-19,22,24H2,1-3H3,(H2,48,57)(H,50,59)(H,51,58,60)/t25-,28-,35?. The molecule has 3 aromatic heterocycles. The lowest BCUT2D eigenvalue weighted by Gasteiger charge is -2.37. The number of para-hydroxylation sites is 1. The molecule has 3 aliphatic rings. The monoisotopic (exact) mass is 857 g/mol. The Kier molecular flexibility index (Phi) is 11.6. The van der Waals surface area contributed by atoms with Crippen molar-refractivity contribution < 1.29 is 37.1 Å². The minimum absolute atomic E-state index is 0.138. The molecule has 3 fully saturated rings. The Morgan fingerprint density at radius 1 is 0.968 bits per heavy atom. The Labute approximate surface area is 354 Å². The maximum atomic E-state index is 13.5. The van der Waals surface area contributed by atoms with Crippen LogP contribution in [0.1, 0.15) is 111 Å². The SMILES string of the molecule is Cn1c(=O)n(C2CCC(=O)NC2=O)c2cccc(C3CCN(C[C@H]4CC[C@H](n5cc6cc(NC(=O)c7cccc(C(F)(F)F)n7)c(C(C)(C)OCC(N)=O)cc6n5)CC4)CC3)c21. The van der Waals surface area contributed by atoms with Crippen molar-refractivity contribution in [1.82, 2.24) is 34.1 Å². The molecule has 15 nitrogen and oxygen atoms in total. The Hall–Kier alpha value is -5.88. The lowest BCUT2D eigenvalue weighted by Crippen LogP contribution is -2.44. The van der Waals surface area contributed by atoms with E-state index < -0.39 is 53.5 Å². The number of rotatable bonds is 11. The van der Waals surface area contributed by atoms with Gasteiger partial charge in [-0.15, -0.1) is 0 Å². The van der Waals surface area contributed by atoms with Gasteiger partial charge in [-0.3, -0.25) is 38.3 Å². The molecule has 62 heavy (non-hydrogen) atoms. The summed E-state index contributed by atoms with van der Waals surface area (Å²) in [7, 11) is 1.75. The predicted octanol–water partition coefficient (Wildman–Crippen LogP) is 5.68. The van der Waals surface area contributed by atoms with E-state index in [1.54, 1.807) is 42.2 Å². The molecule has 2 saturated heterocycles. The van der Waals surface area contributed by atoms with Crippen LogP contribution in [0.25, 0.3) is 21.9 Å². The first-order valence-corrected chi connectivity index (χ1v) is 21.0. The van der Waals surface area contributed by atoms with E-state index in [0.29, 0.717) is 34.3 Å². The summed E-state index contributed by atoms with van der Waals surface area (Å²) in [6.07, 6.45) is 3.42. The first-order valence-electron chi connectivity index (χ1n) is 21.0. The van der Waals surface area contributed by atoms with Crippen LogP contribution in [0.2, 0.25) is 0 Å². The van der Waals surface area contributed by atoms with Crippen molar-refractivity contribution in [2.45, 2.75) is 95.0 Å². The number of ether oxygens (including phenoxy) is 1. The molecular formula is C44H50F3N9O6. The van der Waals surface area contributed by atoms with Gasteiger partial charge in [-0.05, 0) is 120 Å². The fraction of sp³-hybridized carbons (Fsp3) is 0.477. The number of anilines is 1. The minimum Gasteiger partial charge on any atom is -0.368 e. The molecule has 0 bridgehead atoms. The zero-order valence-corrected chi connectivity index (χ0v) is 34.8. The van der Waals surface area contributed by atoms with Crippen LogP contribution in [-0.4, -0.2) is 78.7 Å². The third-order valence-corrected chi connectivity index (χ3v) is 12.8. The maximum absolute atomic E-state index is 13.5. The maximum Gasteiger partial charge on any atom is 0.433 e. The summed E-state index contributed by atoms with van der Waals surface area (Å²) < 4.78 is 51.1. The quantitative estimate of drug-likeness (QED) is 0.141. The Bertz CT molecular complexity index is 2620. The summed E-state index contributed by atoms with van der Waals surface area (Å²) in [6, 6.07) is 11.9. The first kappa shape index (κ1) is 42.8. The van der Waals surface area contributed by atoms with Gasteiger partial charge in [0, 0.05) is 42.8 Å². The third kappa shape index (κ3) is 8.62. The number of imidazole rings is 1. The Balaban J connectivity index is 0.921. The number of hydrogen-bond acceptors (Lipinski definition) is 9. The molecule has 1 aliphatic carbocycles. The zero-order chi connectivity index (χ0) is 44.1. The molecule has 18 heteroatoms. The van der Waals surface area contributed by atoms with Crippen molar-refractivity contribution in [3.8, 4) is 0 Å². The van der Waals surface area contributed by atoms with E-state index in [0.717, 1.165) is 81.4 Å². The highest BCUT2D eigenvalue weighted by atomic mass is 19.4. The number of likely N-dealkylation sites (tertiary alicyclic amines) is 1. The van der Waals surface area contributed by atoms with Crippen LogP contribution in [0, 0.1) is 5.92 Å². The van der Waals surface area contributed by atoms with E-state index in [4.69, 9.17) is 15.6 Å². The van der Waals surface area contributed by atoms with Crippen LogP contribution in [0.3, 0.4) is 0 Å². The second-order valence-corrected chi connectivity index (χ2v) is 17.3. The molecule has 4 N–H and O–H groups in total. The summed E-state index contributed by atoms with van der Waals surface area (Å²) in [4.78, 5) is 69.0. The summed E-state index contributed by atoms with van der Waals surface area (Å²) in [5.41, 5.74) is 6.36. The average Bonchev–Trinajstić information content (AvgIpc) is 3.77. The third-order valence-electron chi connectivity index (χ3n) is 12.8. The largest absolute Gasteiger partial charge is 0.433 e. The van der Waals surface area contributed by atoms with Crippen LogP contribution in [-0.2, 0) is 37.9 Å². The van der Waals surface area contributed by atoms with E-state index in [-0.39, 0.29) is 35.7 Å². The number of aromatic nitrogens is 5. The zero-order valence-electron chi connectivity index (χ0n) is 34.8. The van der Waals surface area contributed by atoms with E-state index in [9.17, 15) is 37.1 Å². The molecule has 2 aliphatic heterocycles. The number of fused-ring (bicyclic) bond motifs is 2. The van der Waals surface area contributed by atoms with Gasteiger partial charge in [-0.2, -0.15) is 18.3 Å².